The van der Waals surface area contributed by atoms with Gasteiger partial charge in [-0.2, -0.15) is 0 Å². The van der Waals surface area contributed by atoms with Gasteiger partial charge in [-0.25, -0.2) is 0 Å². The lowest BCUT2D eigenvalue weighted by atomic mass is 9.94. The van der Waals surface area contributed by atoms with E-state index in [0.717, 1.165) is 17.9 Å². The summed E-state index contributed by atoms with van der Waals surface area (Å²) in [5, 5.41) is 2.95. The minimum atomic E-state index is -0.196. The smallest absolute Gasteiger partial charge is 0.225 e. The van der Waals surface area contributed by atoms with Gasteiger partial charge >= 0.3 is 0 Å². The molecule has 2 bridgehead atoms. The van der Waals surface area contributed by atoms with Crippen LogP contribution in [0.5, 0.6) is 0 Å². The van der Waals surface area contributed by atoms with Crippen molar-refractivity contribution in [2.45, 2.75) is 44.7 Å². The molecule has 1 N–H and O–H groups in total. The number of fused-ring (bicyclic) bond motifs is 2. The number of rotatable bonds is 4. The maximum absolute atomic E-state index is 12.4. The molecule has 122 valence electrons. The van der Waals surface area contributed by atoms with E-state index in [1.165, 1.54) is 19.3 Å². The molecule has 0 spiro atoms. The van der Waals surface area contributed by atoms with Gasteiger partial charge in [-0.15, -0.1) is 0 Å². The second-order valence-electron chi connectivity index (χ2n) is 7.27. The van der Waals surface area contributed by atoms with E-state index in [0.29, 0.717) is 31.5 Å². The molecule has 0 radical (unpaired) electrons. The third-order valence-electron chi connectivity index (χ3n) is 5.82. The number of pyridine rings is 1. The second-order valence-corrected chi connectivity index (χ2v) is 7.27. The number of nitrogens with zero attached hydrogens (tertiary/aromatic N) is 2. The van der Waals surface area contributed by atoms with Crippen LogP contribution in [-0.4, -0.2) is 34.3 Å². The molecule has 4 unspecified atom stereocenters. The molecule has 1 aliphatic heterocycles. The van der Waals surface area contributed by atoms with Crippen molar-refractivity contribution in [3.63, 3.8) is 0 Å². The van der Waals surface area contributed by atoms with E-state index < -0.39 is 0 Å². The summed E-state index contributed by atoms with van der Waals surface area (Å²) in [7, 11) is 0. The van der Waals surface area contributed by atoms with Gasteiger partial charge in [0.05, 0.1) is 5.92 Å². The van der Waals surface area contributed by atoms with Gasteiger partial charge in [0.1, 0.15) is 0 Å². The molecule has 2 saturated carbocycles. The monoisotopic (exact) mass is 313 g/mol. The van der Waals surface area contributed by atoms with Crippen molar-refractivity contribution in [2.24, 2.45) is 17.8 Å². The Balaban J connectivity index is 1.33. The largest absolute Gasteiger partial charge is 0.352 e. The summed E-state index contributed by atoms with van der Waals surface area (Å²) in [4.78, 5) is 30.8. The number of aromatic nitrogens is 1. The number of carbonyl (C=O) groups is 2. The predicted octanol–water partition coefficient (Wildman–Crippen LogP) is 1.73. The molecule has 3 aliphatic rings. The van der Waals surface area contributed by atoms with Gasteiger partial charge in [-0.3, -0.25) is 14.6 Å². The van der Waals surface area contributed by atoms with Crippen molar-refractivity contribution in [2.75, 3.05) is 6.54 Å². The summed E-state index contributed by atoms with van der Waals surface area (Å²) in [5.74, 6) is 1.47. The average molecular weight is 313 g/mol. The van der Waals surface area contributed by atoms with E-state index in [9.17, 15) is 9.59 Å². The quantitative estimate of drug-likeness (QED) is 0.921. The highest BCUT2D eigenvalue weighted by molar-refractivity contribution is 5.89. The van der Waals surface area contributed by atoms with E-state index in [1.807, 2.05) is 17.0 Å². The highest BCUT2D eigenvalue weighted by Gasteiger charge is 2.47. The van der Waals surface area contributed by atoms with E-state index in [4.69, 9.17) is 0 Å². The van der Waals surface area contributed by atoms with Crippen LogP contribution in [0, 0.1) is 17.8 Å². The van der Waals surface area contributed by atoms with Crippen LogP contribution in [0.25, 0.3) is 0 Å². The van der Waals surface area contributed by atoms with E-state index in [2.05, 4.69) is 10.3 Å². The zero-order valence-electron chi connectivity index (χ0n) is 13.3. The Bertz CT molecular complexity index is 604. The van der Waals surface area contributed by atoms with Gasteiger partial charge in [0.15, 0.2) is 0 Å². The van der Waals surface area contributed by atoms with E-state index in [1.54, 1.807) is 12.4 Å². The molecule has 1 saturated heterocycles. The summed E-state index contributed by atoms with van der Waals surface area (Å²) in [5.41, 5.74) is 0.982. The van der Waals surface area contributed by atoms with E-state index in [-0.39, 0.29) is 17.7 Å². The Morgan fingerprint density at radius 2 is 2.26 bits per heavy atom. The molecule has 23 heavy (non-hydrogen) atoms. The molecular formula is C18H23N3O2. The van der Waals surface area contributed by atoms with Crippen LogP contribution in [0.3, 0.4) is 0 Å². The summed E-state index contributed by atoms with van der Waals surface area (Å²) < 4.78 is 0. The molecule has 1 aromatic heterocycles. The van der Waals surface area contributed by atoms with Crippen LogP contribution in [0.4, 0.5) is 0 Å². The van der Waals surface area contributed by atoms with Crippen LogP contribution in [0.1, 0.15) is 37.7 Å². The zero-order chi connectivity index (χ0) is 15.8. The SMILES string of the molecule is O=C(NCc1cccnc1)C1CC(=O)N(C2CC3CCC2C3)C1. The lowest BCUT2D eigenvalue weighted by Crippen LogP contribution is -2.41. The van der Waals surface area contributed by atoms with Gasteiger partial charge in [-0.05, 0) is 42.7 Å². The Hall–Kier alpha value is -1.91. The fraction of sp³-hybridized carbons (Fsp3) is 0.611. The first-order chi connectivity index (χ1) is 11.2. The maximum atomic E-state index is 12.4. The molecule has 3 fully saturated rings. The third-order valence-corrected chi connectivity index (χ3v) is 5.82. The first-order valence-corrected chi connectivity index (χ1v) is 8.67. The molecule has 5 heteroatoms. The molecule has 2 heterocycles. The summed E-state index contributed by atoms with van der Waals surface area (Å²) in [6.45, 7) is 1.08. The average Bonchev–Trinajstić information content (AvgIpc) is 3.28. The predicted molar refractivity (Wildman–Crippen MR) is 85.1 cm³/mol. The highest BCUT2D eigenvalue weighted by Crippen LogP contribution is 2.47. The van der Waals surface area contributed by atoms with Gasteiger partial charge in [0.25, 0.3) is 0 Å². The minimum absolute atomic E-state index is 0.00661. The number of nitrogens with one attached hydrogen (secondary N) is 1. The van der Waals surface area contributed by atoms with Crippen molar-refractivity contribution in [3.8, 4) is 0 Å². The van der Waals surface area contributed by atoms with E-state index >= 15 is 0 Å². The van der Waals surface area contributed by atoms with Crippen LogP contribution < -0.4 is 5.32 Å². The van der Waals surface area contributed by atoms with Crippen molar-refractivity contribution in [1.82, 2.24) is 15.2 Å². The molecule has 0 aromatic carbocycles. The van der Waals surface area contributed by atoms with Gasteiger partial charge in [0, 0.05) is 37.9 Å². The van der Waals surface area contributed by atoms with Gasteiger partial charge < -0.3 is 10.2 Å². The van der Waals surface area contributed by atoms with Crippen LogP contribution in [0.15, 0.2) is 24.5 Å². The molecule has 2 aliphatic carbocycles. The maximum Gasteiger partial charge on any atom is 0.225 e. The molecule has 4 rings (SSSR count). The first kappa shape index (κ1) is 14.7. The summed E-state index contributed by atoms with van der Waals surface area (Å²) >= 11 is 0. The molecule has 4 atom stereocenters. The summed E-state index contributed by atoms with van der Waals surface area (Å²) in [6.07, 6.45) is 8.87. The molecule has 5 nitrogen and oxygen atoms in total. The summed E-state index contributed by atoms with van der Waals surface area (Å²) in [6, 6.07) is 4.20. The fourth-order valence-electron chi connectivity index (χ4n) is 4.66. The van der Waals surface area contributed by atoms with Crippen LogP contribution >= 0.6 is 0 Å². The molecule has 2 amide bonds. The fourth-order valence-corrected chi connectivity index (χ4v) is 4.66. The lowest BCUT2D eigenvalue weighted by molar-refractivity contribution is -0.131. The van der Waals surface area contributed by atoms with Gasteiger partial charge in [-0.1, -0.05) is 12.5 Å². The van der Waals surface area contributed by atoms with Gasteiger partial charge in [0.2, 0.25) is 11.8 Å². The normalized spacial score (nSPS) is 32.5. The van der Waals surface area contributed by atoms with Crippen molar-refractivity contribution in [3.05, 3.63) is 30.1 Å². The van der Waals surface area contributed by atoms with Crippen molar-refractivity contribution in [1.29, 1.82) is 0 Å². The Morgan fingerprint density at radius 3 is 2.96 bits per heavy atom. The van der Waals surface area contributed by atoms with Crippen molar-refractivity contribution < 1.29 is 9.59 Å². The number of amides is 2. The number of hydrogen-bond acceptors (Lipinski definition) is 3. The number of carbonyl (C=O) groups excluding carboxylic acids is 2. The van der Waals surface area contributed by atoms with Crippen LogP contribution in [0.2, 0.25) is 0 Å². The van der Waals surface area contributed by atoms with Crippen LogP contribution in [-0.2, 0) is 16.1 Å². The Kier molecular flexibility index (Phi) is 3.79. The van der Waals surface area contributed by atoms with Crippen molar-refractivity contribution >= 4 is 11.8 Å². The zero-order valence-corrected chi connectivity index (χ0v) is 13.3. The second kappa shape index (κ2) is 5.95. The standard InChI is InChI=1S/C18H23N3O2/c22-17-8-15(18(23)20-10-13-2-1-5-19-9-13)11-21(17)16-7-12-3-4-14(16)6-12/h1-2,5,9,12,14-16H,3-4,6-8,10-11H2,(H,20,23). The molecular weight excluding hydrogens is 290 g/mol. The Morgan fingerprint density at radius 1 is 1.35 bits per heavy atom. The molecule has 1 aromatic rings. The number of likely N-dealkylation sites (tertiary alicyclic amines) is 1. The minimum Gasteiger partial charge on any atom is -0.352 e. The topological polar surface area (TPSA) is 62.3 Å². The first-order valence-electron chi connectivity index (χ1n) is 8.67. The number of hydrogen-bond donors (Lipinski definition) is 1. The Labute approximate surface area is 136 Å². The lowest BCUT2D eigenvalue weighted by Gasteiger charge is -2.31. The third kappa shape index (κ3) is 2.84. The highest BCUT2D eigenvalue weighted by atomic mass is 16.2.